The molecule has 2 aliphatic rings. The number of hydrogen-bond donors (Lipinski definition) is 4. The molecule has 2 aliphatic heterocycles. The molecule has 41 heavy (non-hydrogen) atoms. The van der Waals surface area contributed by atoms with E-state index >= 15 is 0 Å². The molecule has 2 aromatic carbocycles. The number of H-pyrrole nitrogens is 1. The second kappa shape index (κ2) is 12.1. The number of ether oxygens (including phenoxy) is 2. The minimum Gasteiger partial charge on any atom is -0.491 e. The molecular weight excluding hydrogens is 574 g/mol. The molecule has 222 valence electrons. The molecule has 2 saturated heterocycles. The number of nitrogens with zero attached hydrogens (tertiary/aromatic N) is 4. The predicted molar refractivity (Wildman–Crippen MR) is 147 cm³/mol. The van der Waals surface area contributed by atoms with Gasteiger partial charge in [0.2, 0.25) is 25.9 Å². The van der Waals surface area contributed by atoms with E-state index in [-0.39, 0.29) is 29.0 Å². The first-order valence-corrected chi connectivity index (χ1v) is 16.1. The molecule has 4 N–H and O–H groups in total. The van der Waals surface area contributed by atoms with Crippen LogP contribution in [-0.2, 0) is 24.8 Å². The van der Waals surface area contributed by atoms with Crippen molar-refractivity contribution < 1.29 is 31.4 Å². The van der Waals surface area contributed by atoms with Gasteiger partial charge in [-0.1, -0.05) is 6.07 Å². The fourth-order valence-corrected chi connectivity index (χ4v) is 7.28. The molecule has 1 spiro atoms. The number of rotatable bonds is 11. The monoisotopic (exact) mass is 607 g/mol. The number of nitrogens with one attached hydrogen (secondary N) is 3. The van der Waals surface area contributed by atoms with E-state index in [1.54, 1.807) is 36.4 Å². The maximum atomic E-state index is 13.2. The molecule has 0 radical (unpaired) electrons. The number of sulfonamides is 2. The largest absolute Gasteiger partial charge is 0.491 e. The highest BCUT2D eigenvalue weighted by Gasteiger charge is 2.44. The molecule has 0 amide bonds. The van der Waals surface area contributed by atoms with Gasteiger partial charge in [-0.25, -0.2) is 21.6 Å². The van der Waals surface area contributed by atoms with E-state index in [1.807, 2.05) is 0 Å². The molecule has 0 bridgehead atoms. The van der Waals surface area contributed by atoms with E-state index in [0.29, 0.717) is 56.1 Å². The van der Waals surface area contributed by atoms with Crippen molar-refractivity contribution in [3.63, 3.8) is 0 Å². The van der Waals surface area contributed by atoms with E-state index < -0.39 is 31.8 Å². The topological polar surface area (TPSA) is 189 Å². The Morgan fingerprint density at radius 2 is 1.90 bits per heavy atom. The van der Waals surface area contributed by atoms with Crippen LogP contribution in [0.1, 0.15) is 19.3 Å². The van der Waals surface area contributed by atoms with Gasteiger partial charge in [-0.15, -0.1) is 10.2 Å². The van der Waals surface area contributed by atoms with Gasteiger partial charge < -0.3 is 19.9 Å². The molecule has 2 fully saturated rings. The number of aliphatic hydroxyl groups is 1. The first kappa shape index (κ1) is 29.5. The van der Waals surface area contributed by atoms with E-state index in [0.717, 1.165) is 0 Å². The highest BCUT2D eigenvalue weighted by atomic mass is 32.2. The van der Waals surface area contributed by atoms with Crippen LogP contribution in [0.25, 0.3) is 11.4 Å². The molecule has 0 saturated carbocycles. The van der Waals surface area contributed by atoms with Gasteiger partial charge in [0.15, 0.2) is 0 Å². The van der Waals surface area contributed by atoms with Crippen LogP contribution >= 0.6 is 0 Å². The second-order valence-electron chi connectivity index (χ2n) is 10.1. The predicted octanol–water partition coefficient (Wildman–Crippen LogP) is 0.117. The highest BCUT2D eigenvalue weighted by Crippen LogP contribution is 2.37. The van der Waals surface area contributed by atoms with Gasteiger partial charge in [-0.05, 0) is 67.9 Å². The SMILES string of the molecule is CNS(=O)(=O)c1cccc(OC[C@@H](O)CNC2COC3(CCN(S(=O)(=O)c4ccc(-c5nn[nH]n5)cc4)CC3)C2)c1. The van der Waals surface area contributed by atoms with Crippen LogP contribution in [0, 0.1) is 0 Å². The van der Waals surface area contributed by atoms with Crippen LogP contribution in [-0.4, -0.2) is 105 Å². The number of aromatic amines is 1. The summed E-state index contributed by atoms with van der Waals surface area (Å²) in [5, 5.41) is 27.4. The maximum absolute atomic E-state index is 13.2. The molecule has 16 heteroatoms. The summed E-state index contributed by atoms with van der Waals surface area (Å²) in [7, 11) is -5.91. The van der Waals surface area contributed by atoms with Gasteiger partial charge in [-0.2, -0.15) is 9.52 Å². The van der Waals surface area contributed by atoms with Crippen LogP contribution in [0.4, 0.5) is 0 Å². The van der Waals surface area contributed by atoms with Crippen molar-refractivity contribution in [1.82, 2.24) is 35.0 Å². The lowest BCUT2D eigenvalue weighted by Gasteiger charge is -2.38. The second-order valence-corrected chi connectivity index (χ2v) is 13.9. The summed E-state index contributed by atoms with van der Waals surface area (Å²) in [5.41, 5.74) is 0.256. The molecule has 3 aromatic rings. The van der Waals surface area contributed by atoms with Crippen LogP contribution in [0.5, 0.6) is 5.75 Å². The minimum absolute atomic E-state index is 0.00888. The van der Waals surface area contributed by atoms with Crippen molar-refractivity contribution in [3.05, 3.63) is 48.5 Å². The normalized spacial score (nSPS) is 20.3. The summed E-state index contributed by atoms with van der Waals surface area (Å²) in [4.78, 5) is 0.287. The van der Waals surface area contributed by atoms with E-state index in [1.165, 1.54) is 23.5 Å². The smallest absolute Gasteiger partial charge is 0.243 e. The van der Waals surface area contributed by atoms with E-state index in [9.17, 15) is 21.9 Å². The molecule has 1 unspecified atom stereocenters. The zero-order valence-corrected chi connectivity index (χ0v) is 24.1. The Hall–Kier alpha value is -2.99. The van der Waals surface area contributed by atoms with Gasteiger partial charge >= 0.3 is 0 Å². The molecule has 3 heterocycles. The Labute approximate surface area is 238 Å². The summed E-state index contributed by atoms with van der Waals surface area (Å²) in [5.74, 6) is 0.733. The molecule has 2 atom stereocenters. The van der Waals surface area contributed by atoms with Crippen molar-refractivity contribution in [2.24, 2.45) is 0 Å². The summed E-state index contributed by atoms with van der Waals surface area (Å²) >= 11 is 0. The van der Waals surface area contributed by atoms with Crippen LogP contribution in [0.2, 0.25) is 0 Å². The summed E-state index contributed by atoms with van der Waals surface area (Å²) in [6.07, 6.45) is 1.03. The third-order valence-electron chi connectivity index (χ3n) is 7.41. The fourth-order valence-electron chi connectivity index (χ4n) is 5.07. The minimum atomic E-state index is -3.66. The van der Waals surface area contributed by atoms with Crippen LogP contribution in [0.3, 0.4) is 0 Å². The van der Waals surface area contributed by atoms with E-state index in [4.69, 9.17) is 9.47 Å². The fraction of sp³-hybridized carbons (Fsp3) is 0.480. The Morgan fingerprint density at radius 3 is 2.59 bits per heavy atom. The van der Waals surface area contributed by atoms with Gasteiger partial charge in [0, 0.05) is 37.3 Å². The number of aliphatic hydroxyl groups excluding tert-OH is 1. The average Bonchev–Trinajstić information content (AvgIpc) is 3.66. The van der Waals surface area contributed by atoms with Crippen LogP contribution in [0.15, 0.2) is 58.3 Å². The lowest BCUT2D eigenvalue weighted by atomic mass is 9.88. The summed E-state index contributed by atoms with van der Waals surface area (Å²) < 4.78 is 65.9. The van der Waals surface area contributed by atoms with E-state index in [2.05, 4.69) is 30.7 Å². The summed E-state index contributed by atoms with van der Waals surface area (Å²) in [6, 6.07) is 12.5. The molecular formula is C25H33N7O7S2. The van der Waals surface area contributed by atoms with Crippen molar-refractivity contribution in [1.29, 1.82) is 0 Å². The lowest BCUT2D eigenvalue weighted by molar-refractivity contribution is -0.0312. The Bertz CT molecular complexity index is 1530. The van der Waals surface area contributed by atoms with Crippen molar-refractivity contribution in [2.45, 2.75) is 46.8 Å². The number of hydrogen-bond acceptors (Lipinski definition) is 11. The number of aromatic nitrogens is 4. The zero-order valence-electron chi connectivity index (χ0n) is 22.4. The molecule has 1 aromatic heterocycles. The molecule has 0 aliphatic carbocycles. The molecule has 14 nitrogen and oxygen atoms in total. The number of piperidine rings is 1. The number of tetrazole rings is 1. The third-order valence-corrected chi connectivity index (χ3v) is 10.7. The van der Waals surface area contributed by atoms with Crippen LogP contribution < -0.4 is 14.8 Å². The van der Waals surface area contributed by atoms with Gasteiger partial charge in [-0.3, -0.25) is 0 Å². The Morgan fingerprint density at radius 1 is 1.15 bits per heavy atom. The van der Waals surface area contributed by atoms with Gasteiger partial charge in [0.25, 0.3) is 0 Å². The first-order valence-electron chi connectivity index (χ1n) is 13.2. The zero-order chi connectivity index (χ0) is 29.1. The first-order chi connectivity index (χ1) is 19.6. The number of benzene rings is 2. The van der Waals surface area contributed by atoms with Gasteiger partial charge in [0.1, 0.15) is 18.5 Å². The maximum Gasteiger partial charge on any atom is 0.243 e. The highest BCUT2D eigenvalue weighted by molar-refractivity contribution is 7.89. The average molecular weight is 608 g/mol. The standard InChI is InChI=1S/C25H33N7O7S2/c1-26-40(34,35)23-4-2-3-21(13-23)38-17-20(33)15-27-19-14-25(39-16-19)9-11-32(12-10-25)41(36,37)22-7-5-18(6-8-22)24-28-30-31-29-24/h2-8,13,19-20,26-27,33H,9-12,14-17H2,1H3,(H,28,29,30,31)/t19?,20-/m0/s1. The quantitative estimate of drug-likeness (QED) is 0.232. The van der Waals surface area contributed by atoms with Gasteiger partial charge in [0.05, 0.1) is 22.0 Å². The lowest BCUT2D eigenvalue weighted by Crippen LogP contribution is -2.47. The Kier molecular flexibility index (Phi) is 8.70. The third kappa shape index (κ3) is 6.74. The van der Waals surface area contributed by atoms with Crippen molar-refractivity contribution >= 4 is 20.0 Å². The van der Waals surface area contributed by atoms with Crippen molar-refractivity contribution in [3.8, 4) is 17.1 Å². The van der Waals surface area contributed by atoms with Crippen molar-refractivity contribution in [2.75, 3.05) is 39.9 Å². The molecule has 5 rings (SSSR count). The summed E-state index contributed by atoms with van der Waals surface area (Å²) in [6.45, 7) is 1.40. The Balaban J connectivity index is 1.07.